The van der Waals surface area contributed by atoms with Crippen molar-refractivity contribution >= 4 is 29.7 Å². The molecule has 2 amide bonds. The molecule has 0 bridgehead atoms. The van der Waals surface area contributed by atoms with Gasteiger partial charge in [0.15, 0.2) is 18.4 Å². The molecule has 0 aromatic rings. The highest BCUT2D eigenvalue weighted by atomic mass is 16.6. The molecule has 1 heterocycles. The summed E-state index contributed by atoms with van der Waals surface area (Å²) in [5.41, 5.74) is 5.41. The number of amides is 2. The van der Waals surface area contributed by atoms with Gasteiger partial charge in [-0.05, 0) is 13.0 Å². The van der Waals surface area contributed by atoms with Crippen molar-refractivity contribution in [2.75, 3.05) is 13.2 Å². The highest BCUT2D eigenvalue weighted by Gasteiger charge is 2.51. The zero-order valence-corrected chi connectivity index (χ0v) is 17.5. The molecule has 12 nitrogen and oxygen atoms in total. The highest BCUT2D eigenvalue weighted by Crippen LogP contribution is 2.26. The van der Waals surface area contributed by atoms with Crippen molar-refractivity contribution in [1.82, 2.24) is 10.6 Å². The standard InChI is InChI=1S/C18H29N3O9/c1-9(22)20-15-17(29-12(4)25)16(28-11(3)24)13(8-27-10(2)23)30-18(15)21-14(26)6-5-7-19/h13,15-18H,5-8,19H2,1-4H3,(H,20,22)(H,21,26)/t13-,15+,16-,17-,18-/m1/s1. The van der Waals surface area contributed by atoms with Crippen molar-refractivity contribution < 1.29 is 42.9 Å². The summed E-state index contributed by atoms with van der Waals surface area (Å²) < 4.78 is 21.4. The molecule has 0 radical (unpaired) electrons. The normalized spacial score (nSPS) is 25.6. The minimum atomic E-state index is -1.22. The van der Waals surface area contributed by atoms with Gasteiger partial charge in [0.25, 0.3) is 0 Å². The second-order valence-corrected chi connectivity index (χ2v) is 6.73. The van der Waals surface area contributed by atoms with Gasteiger partial charge in [0.05, 0.1) is 0 Å². The smallest absolute Gasteiger partial charge is 0.303 e. The quantitative estimate of drug-likeness (QED) is 0.288. The summed E-state index contributed by atoms with van der Waals surface area (Å²) in [6.45, 7) is 4.65. The van der Waals surface area contributed by atoms with Gasteiger partial charge < -0.3 is 35.3 Å². The molecule has 0 aliphatic carbocycles. The fourth-order valence-corrected chi connectivity index (χ4v) is 2.95. The largest absolute Gasteiger partial charge is 0.463 e. The highest BCUT2D eigenvalue weighted by molar-refractivity contribution is 5.77. The van der Waals surface area contributed by atoms with E-state index in [2.05, 4.69) is 10.6 Å². The van der Waals surface area contributed by atoms with Crippen LogP contribution in [0, 0.1) is 0 Å². The fourth-order valence-electron chi connectivity index (χ4n) is 2.95. The first-order valence-corrected chi connectivity index (χ1v) is 9.45. The van der Waals surface area contributed by atoms with Crippen molar-refractivity contribution in [3.05, 3.63) is 0 Å². The second kappa shape index (κ2) is 12.1. The van der Waals surface area contributed by atoms with E-state index >= 15 is 0 Å². The third kappa shape index (κ3) is 8.33. The van der Waals surface area contributed by atoms with Crippen molar-refractivity contribution in [3.8, 4) is 0 Å². The molecular weight excluding hydrogens is 402 g/mol. The Bertz CT molecular complexity index is 655. The number of nitrogens with one attached hydrogen (secondary N) is 2. The van der Waals surface area contributed by atoms with Gasteiger partial charge in [0.2, 0.25) is 11.8 Å². The van der Waals surface area contributed by atoms with Gasteiger partial charge in [-0.3, -0.25) is 24.0 Å². The van der Waals surface area contributed by atoms with E-state index in [0.717, 1.165) is 13.8 Å². The van der Waals surface area contributed by atoms with Crippen LogP contribution < -0.4 is 16.4 Å². The number of rotatable bonds is 9. The van der Waals surface area contributed by atoms with Crippen molar-refractivity contribution in [2.45, 2.75) is 71.1 Å². The van der Waals surface area contributed by atoms with Crippen LogP contribution in [0.25, 0.3) is 0 Å². The molecule has 1 aliphatic rings. The maximum absolute atomic E-state index is 12.2. The van der Waals surface area contributed by atoms with Crippen molar-refractivity contribution in [2.24, 2.45) is 5.73 Å². The van der Waals surface area contributed by atoms with Crippen molar-refractivity contribution in [1.29, 1.82) is 0 Å². The molecule has 1 saturated heterocycles. The fraction of sp³-hybridized carbons (Fsp3) is 0.722. The molecule has 0 unspecified atom stereocenters. The Morgan fingerprint density at radius 3 is 2.00 bits per heavy atom. The van der Waals surface area contributed by atoms with Crippen LogP contribution in [0.1, 0.15) is 40.5 Å². The number of esters is 3. The topological polar surface area (TPSA) is 172 Å². The first kappa shape index (κ1) is 25.3. The number of hydrogen-bond acceptors (Lipinski definition) is 10. The molecule has 4 N–H and O–H groups in total. The predicted octanol–water partition coefficient (Wildman–Crippen LogP) is -1.50. The average molecular weight is 431 g/mol. The molecule has 30 heavy (non-hydrogen) atoms. The summed E-state index contributed by atoms with van der Waals surface area (Å²) >= 11 is 0. The molecule has 0 aromatic carbocycles. The Morgan fingerprint density at radius 1 is 0.900 bits per heavy atom. The van der Waals surface area contributed by atoms with Crippen LogP contribution in [0.2, 0.25) is 0 Å². The molecule has 1 aliphatic heterocycles. The number of nitrogens with two attached hydrogens (primary N) is 1. The predicted molar refractivity (Wildman–Crippen MR) is 100 cm³/mol. The monoisotopic (exact) mass is 431 g/mol. The molecule has 1 fully saturated rings. The lowest BCUT2D eigenvalue weighted by Crippen LogP contribution is -2.69. The van der Waals surface area contributed by atoms with Crippen LogP contribution in [0.15, 0.2) is 0 Å². The minimum Gasteiger partial charge on any atom is -0.463 e. The Balaban J connectivity index is 3.27. The average Bonchev–Trinajstić information content (AvgIpc) is 2.62. The Labute approximate surface area is 174 Å². The third-order valence-electron chi connectivity index (χ3n) is 4.03. The lowest BCUT2D eigenvalue weighted by Gasteiger charge is -2.45. The molecule has 12 heteroatoms. The van der Waals surface area contributed by atoms with E-state index in [0.29, 0.717) is 13.0 Å². The van der Waals surface area contributed by atoms with Gasteiger partial charge in [-0.1, -0.05) is 0 Å². The lowest BCUT2D eigenvalue weighted by atomic mass is 9.95. The van der Waals surface area contributed by atoms with Crippen LogP contribution in [-0.2, 0) is 42.9 Å². The van der Waals surface area contributed by atoms with Gasteiger partial charge in [0, 0.05) is 34.1 Å². The van der Waals surface area contributed by atoms with Crippen LogP contribution >= 0.6 is 0 Å². The zero-order chi connectivity index (χ0) is 22.8. The van der Waals surface area contributed by atoms with Gasteiger partial charge in [-0.15, -0.1) is 0 Å². The first-order valence-electron chi connectivity index (χ1n) is 9.45. The summed E-state index contributed by atoms with van der Waals surface area (Å²) in [6, 6.07) is -1.08. The van der Waals surface area contributed by atoms with E-state index in [4.69, 9.17) is 24.7 Å². The van der Waals surface area contributed by atoms with Crippen LogP contribution in [-0.4, -0.2) is 73.5 Å². The van der Waals surface area contributed by atoms with E-state index < -0.39 is 60.3 Å². The Kier molecular flexibility index (Phi) is 10.2. The molecule has 1 rings (SSSR count). The SMILES string of the molecule is CC(=O)N[C@H]1[C@@H](OC(C)=O)[C@H](OC(C)=O)[C@@H](COC(C)=O)O[C@H]1NC(=O)CCCN. The Hall–Kier alpha value is -2.73. The van der Waals surface area contributed by atoms with Gasteiger partial charge in [-0.2, -0.15) is 0 Å². The summed E-state index contributed by atoms with van der Waals surface area (Å²) in [4.78, 5) is 58.6. The molecule has 0 saturated carbocycles. The maximum atomic E-state index is 12.2. The van der Waals surface area contributed by atoms with E-state index in [9.17, 15) is 24.0 Å². The Morgan fingerprint density at radius 2 is 1.50 bits per heavy atom. The molecule has 170 valence electrons. The summed E-state index contributed by atoms with van der Waals surface area (Å²) in [5, 5.41) is 5.16. The number of hydrogen-bond donors (Lipinski definition) is 3. The molecule has 0 aromatic heterocycles. The van der Waals surface area contributed by atoms with E-state index in [-0.39, 0.29) is 13.0 Å². The van der Waals surface area contributed by atoms with Gasteiger partial charge in [-0.25, -0.2) is 0 Å². The summed E-state index contributed by atoms with van der Waals surface area (Å²) in [7, 11) is 0. The maximum Gasteiger partial charge on any atom is 0.303 e. The van der Waals surface area contributed by atoms with Crippen molar-refractivity contribution in [3.63, 3.8) is 0 Å². The number of carbonyl (C=O) groups excluding carboxylic acids is 5. The van der Waals surface area contributed by atoms with E-state index in [1.807, 2.05) is 0 Å². The first-order chi connectivity index (χ1) is 14.0. The van der Waals surface area contributed by atoms with Crippen LogP contribution in [0.4, 0.5) is 0 Å². The van der Waals surface area contributed by atoms with E-state index in [1.165, 1.54) is 13.8 Å². The van der Waals surface area contributed by atoms with Gasteiger partial charge >= 0.3 is 17.9 Å². The minimum absolute atomic E-state index is 0.101. The summed E-state index contributed by atoms with van der Waals surface area (Å²) in [6.07, 6.45) is -4.14. The van der Waals surface area contributed by atoms with Crippen LogP contribution in [0.5, 0.6) is 0 Å². The molecular formula is C18H29N3O9. The summed E-state index contributed by atoms with van der Waals surface area (Å²) in [5.74, 6) is -2.95. The molecule has 0 spiro atoms. The number of carbonyl (C=O) groups is 5. The molecule has 5 atom stereocenters. The van der Waals surface area contributed by atoms with E-state index in [1.54, 1.807) is 0 Å². The second-order valence-electron chi connectivity index (χ2n) is 6.73. The number of ether oxygens (including phenoxy) is 4. The van der Waals surface area contributed by atoms with Gasteiger partial charge in [0.1, 0.15) is 18.8 Å². The third-order valence-corrected chi connectivity index (χ3v) is 4.03. The zero-order valence-electron chi connectivity index (χ0n) is 17.5. The van der Waals surface area contributed by atoms with Crippen LogP contribution in [0.3, 0.4) is 0 Å². The lowest BCUT2D eigenvalue weighted by molar-refractivity contribution is -0.228.